The highest BCUT2D eigenvalue weighted by atomic mass is 16.5. The summed E-state index contributed by atoms with van der Waals surface area (Å²) in [4.78, 5) is 0. The first-order valence-corrected chi connectivity index (χ1v) is 4.70. The third-order valence-electron chi connectivity index (χ3n) is 2.44. The van der Waals surface area contributed by atoms with Crippen molar-refractivity contribution in [1.29, 1.82) is 0 Å². The van der Waals surface area contributed by atoms with Gasteiger partial charge in [0, 0.05) is 0 Å². The van der Waals surface area contributed by atoms with Crippen molar-refractivity contribution in [3.8, 4) is 5.75 Å². The van der Waals surface area contributed by atoms with Gasteiger partial charge >= 0.3 is 0 Å². The van der Waals surface area contributed by atoms with Crippen LogP contribution in [0.25, 0.3) is 0 Å². The van der Waals surface area contributed by atoms with Crippen molar-refractivity contribution in [2.24, 2.45) is 0 Å². The Morgan fingerprint density at radius 3 is 2.46 bits per heavy atom. The average Bonchev–Trinajstić information content (AvgIpc) is 2.84. The quantitative estimate of drug-likeness (QED) is 0.704. The minimum Gasteiger partial charge on any atom is -0.488 e. The minimum absolute atomic E-state index is 0.421. The van der Waals surface area contributed by atoms with E-state index in [1.54, 1.807) is 0 Å². The van der Waals surface area contributed by atoms with Gasteiger partial charge in [-0.15, -0.1) is 0 Å². The molecule has 2 nitrogen and oxygen atoms in total. The summed E-state index contributed by atoms with van der Waals surface area (Å²) in [5.74, 6) is 0.852. The fourth-order valence-electron chi connectivity index (χ4n) is 1.28. The van der Waals surface area contributed by atoms with E-state index in [4.69, 9.17) is 10.5 Å². The van der Waals surface area contributed by atoms with E-state index in [2.05, 4.69) is 13.8 Å². The van der Waals surface area contributed by atoms with Crippen LogP contribution in [0.5, 0.6) is 5.75 Å². The second kappa shape index (κ2) is 2.95. The Labute approximate surface area is 78.7 Å². The summed E-state index contributed by atoms with van der Waals surface area (Å²) in [7, 11) is 0. The Morgan fingerprint density at radius 2 is 1.85 bits per heavy atom. The molecule has 1 fully saturated rings. The van der Waals surface area contributed by atoms with Crippen molar-refractivity contribution in [3.05, 3.63) is 23.3 Å². The number of anilines is 1. The summed E-state index contributed by atoms with van der Waals surface area (Å²) in [6.45, 7) is 4.14. The molecular formula is C11H15NO. The van der Waals surface area contributed by atoms with Crippen LogP contribution >= 0.6 is 0 Å². The maximum absolute atomic E-state index is 5.84. The van der Waals surface area contributed by atoms with E-state index in [1.165, 1.54) is 24.0 Å². The molecule has 0 aromatic heterocycles. The molecule has 2 N–H and O–H groups in total. The summed E-state index contributed by atoms with van der Waals surface area (Å²) in [6.07, 6.45) is 2.77. The number of rotatable bonds is 2. The van der Waals surface area contributed by atoms with E-state index < -0.39 is 0 Å². The van der Waals surface area contributed by atoms with Crippen LogP contribution in [0.1, 0.15) is 24.0 Å². The topological polar surface area (TPSA) is 35.2 Å². The van der Waals surface area contributed by atoms with Crippen molar-refractivity contribution in [2.75, 3.05) is 5.73 Å². The van der Waals surface area contributed by atoms with Gasteiger partial charge in [0.25, 0.3) is 0 Å². The molecule has 1 saturated carbocycles. The second-order valence-corrected chi connectivity index (χ2v) is 3.79. The summed E-state index contributed by atoms with van der Waals surface area (Å²) >= 11 is 0. The Balaban J connectivity index is 2.27. The third-order valence-corrected chi connectivity index (χ3v) is 2.44. The number of nitrogens with two attached hydrogens (primary N) is 1. The molecule has 0 unspecified atom stereocenters. The number of aryl methyl sites for hydroxylation is 2. The van der Waals surface area contributed by atoms with Crippen LogP contribution in [0, 0.1) is 13.8 Å². The van der Waals surface area contributed by atoms with Crippen LogP contribution in [-0.4, -0.2) is 6.10 Å². The summed E-state index contributed by atoms with van der Waals surface area (Å²) in [5.41, 5.74) is 9.06. The molecule has 0 bridgehead atoms. The van der Waals surface area contributed by atoms with Crippen LogP contribution < -0.4 is 10.5 Å². The third kappa shape index (κ3) is 1.77. The number of nitrogen functional groups attached to an aromatic ring is 1. The van der Waals surface area contributed by atoms with Gasteiger partial charge < -0.3 is 10.5 Å². The van der Waals surface area contributed by atoms with Crippen LogP contribution in [-0.2, 0) is 0 Å². The largest absolute Gasteiger partial charge is 0.488 e. The smallest absolute Gasteiger partial charge is 0.142 e. The zero-order chi connectivity index (χ0) is 9.42. The number of benzene rings is 1. The molecule has 2 heteroatoms. The molecule has 0 saturated heterocycles. The molecule has 1 aliphatic carbocycles. The van der Waals surface area contributed by atoms with E-state index in [-0.39, 0.29) is 0 Å². The van der Waals surface area contributed by atoms with Crippen molar-refractivity contribution < 1.29 is 4.74 Å². The Hall–Kier alpha value is -1.18. The van der Waals surface area contributed by atoms with Gasteiger partial charge in [0.2, 0.25) is 0 Å². The molecule has 70 valence electrons. The molecule has 2 rings (SSSR count). The van der Waals surface area contributed by atoms with Crippen molar-refractivity contribution in [2.45, 2.75) is 32.8 Å². The highest BCUT2D eigenvalue weighted by Gasteiger charge is 2.24. The van der Waals surface area contributed by atoms with Crippen molar-refractivity contribution in [1.82, 2.24) is 0 Å². The van der Waals surface area contributed by atoms with Gasteiger partial charge in [-0.1, -0.05) is 0 Å². The number of hydrogen-bond donors (Lipinski definition) is 1. The van der Waals surface area contributed by atoms with Crippen LogP contribution in [0.15, 0.2) is 12.1 Å². The van der Waals surface area contributed by atoms with Gasteiger partial charge in [-0.05, 0) is 49.9 Å². The minimum atomic E-state index is 0.421. The Morgan fingerprint density at radius 1 is 1.23 bits per heavy atom. The molecule has 0 aliphatic heterocycles. The first-order chi connectivity index (χ1) is 6.16. The van der Waals surface area contributed by atoms with E-state index in [0.29, 0.717) is 6.10 Å². The van der Waals surface area contributed by atoms with E-state index in [0.717, 1.165) is 11.4 Å². The van der Waals surface area contributed by atoms with Crippen molar-refractivity contribution >= 4 is 5.69 Å². The number of hydrogen-bond acceptors (Lipinski definition) is 2. The monoisotopic (exact) mass is 177 g/mol. The van der Waals surface area contributed by atoms with Crippen LogP contribution in [0.4, 0.5) is 5.69 Å². The molecule has 13 heavy (non-hydrogen) atoms. The lowest BCUT2D eigenvalue weighted by atomic mass is 10.1. The van der Waals surface area contributed by atoms with E-state index >= 15 is 0 Å². The summed E-state index contributed by atoms with van der Waals surface area (Å²) in [6, 6.07) is 4.01. The van der Waals surface area contributed by atoms with Crippen molar-refractivity contribution in [3.63, 3.8) is 0 Å². The van der Waals surface area contributed by atoms with Gasteiger partial charge in [0.1, 0.15) is 5.75 Å². The van der Waals surface area contributed by atoms with E-state index in [9.17, 15) is 0 Å². The summed E-state index contributed by atoms with van der Waals surface area (Å²) < 4.78 is 5.67. The van der Waals surface area contributed by atoms with Gasteiger partial charge in [0.05, 0.1) is 11.8 Å². The maximum Gasteiger partial charge on any atom is 0.142 e. The van der Waals surface area contributed by atoms with Gasteiger partial charge in [-0.3, -0.25) is 0 Å². The molecule has 0 amide bonds. The lowest BCUT2D eigenvalue weighted by Gasteiger charge is -2.10. The SMILES string of the molecule is Cc1cc(N)c(OC2CC2)cc1C. The second-order valence-electron chi connectivity index (χ2n) is 3.79. The molecule has 1 aromatic rings. The lowest BCUT2D eigenvalue weighted by Crippen LogP contribution is -2.00. The first-order valence-electron chi connectivity index (χ1n) is 4.70. The zero-order valence-corrected chi connectivity index (χ0v) is 8.13. The van der Waals surface area contributed by atoms with Crippen LogP contribution in [0.3, 0.4) is 0 Å². The summed E-state index contributed by atoms with van der Waals surface area (Å²) in [5, 5.41) is 0. The number of ether oxygens (including phenoxy) is 1. The van der Waals surface area contributed by atoms with Gasteiger partial charge in [-0.2, -0.15) is 0 Å². The molecule has 1 aromatic carbocycles. The van der Waals surface area contributed by atoms with Gasteiger partial charge in [-0.25, -0.2) is 0 Å². The van der Waals surface area contributed by atoms with Crippen LogP contribution in [0.2, 0.25) is 0 Å². The highest BCUT2D eigenvalue weighted by molar-refractivity contribution is 5.56. The molecule has 0 radical (unpaired) electrons. The molecule has 0 spiro atoms. The van der Waals surface area contributed by atoms with E-state index in [1.807, 2.05) is 12.1 Å². The highest BCUT2D eigenvalue weighted by Crippen LogP contribution is 2.32. The average molecular weight is 177 g/mol. The maximum atomic E-state index is 5.84. The molecular weight excluding hydrogens is 162 g/mol. The molecule has 0 atom stereocenters. The standard InChI is InChI=1S/C11H15NO/c1-7-5-10(12)11(6-8(7)2)13-9-3-4-9/h5-6,9H,3-4,12H2,1-2H3. The molecule has 0 heterocycles. The predicted octanol–water partition coefficient (Wildman–Crippen LogP) is 2.43. The van der Waals surface area contributed by atoms with Gasteiger partial charge in [0.15, 0.2) is 0 Å². The fraction of sp³-hybridized carbons (Fsp3) is 0.455. The predicted molar refractivity (Wildman–Crippen MR) is 54.0 cm³/mol. The molecule has 1 aliphatic rings. The Kier molecular flexibility index (Phi) is 1.91. The normalized spacial score (nSPS) is 15.8. The first kappa shape index (κ1) is 8.42. The fourth-order valence-corrected chi connectivity index (χ4v) is 1.28. The lowest BCUT2D eigenvalue weighted by molar-refractivity contribution is 0.304. The Bertz CT molecular complexity index is 329. The zero-order valence-electron chi connectivity index (χ0n) is 8.13.